The first-order valence-corrected chi connectivity index (χ1v) is 12.7. The minimum Gasteiger partial charge on any atom is -0.491 e. The fourth-order valence-electron chi connectivity index (χ4n) is 2.72. The van der Waals surface area contributed by atoms with Crippen molar-refractivity contribution < 1.29 is 18.5 Å². The van der Waals surface area contributed by atoms with Crippen LogP contribution in [0.5, 0.6) is 5.75 Å². The molecule has 0 saturated heterocycles. The number of nitriles is 1. The number of aldehydes is 1. The summed E-state index contributed by atoms with van der Waals surface area (Å²) in [4.78, 5) is 18.6. The fraction of sp³-hybridized carbons (Fsp3) is 0.292. The van der Waals surface area contributed by atoms with E-state index >= 15 is 0 Å². The van der Waals surface area contributed by atoms with Gasteiger partial charge in [0, 0.05) is 23.9 Å². The van der Waals surface area contributed by atoms with E-state index in [-0.39, 0.29) is 0 Å². The zero-order valence-corrected chi connectivity index (χ0v) is 21.2. The summed E-state index contributed by atoms with van der Waals surface area (Å²) in [5, 5.41) is 9.79. The second kappa shape index (κ2) is 14.2. The number of thiazole rings is 1. The molecule has 10 heteroatoms. The van der Waals surface area contributed by atoms with Crippen molar-refractivity contribution in [3.05, 3.63) is 70.2 Å². The molecule has 1 atom stereocenters. The number of benzene rings is 2. The number of hydrogen-bond acceptors (Lipinski definition) is 8. The highest BCUT2D eigenvalue weighted by Crippen LogP contribution is 2.33. The largest absolute Gasteiger partial charge is 0.491 e. The highest BCUT2D eigenvalue weighted by molar-refractivity contribution is 7.82. The predicted molar refractivity (Wildman–Crippen MR) is 136 cm³/mol. The molecule has 1 N–H and O–H groups in total. The van der Waals surface area contributed by atoms with Crippen LogP contribution in [0.1, 0.15) is 26.5 Å². The standard InChI is InChI=1S/C22H21N3O3S.C2H7NOS/c1-16-21(15-26)24-22(29-16)25(19-7-3-17(13-23)4-8-19)14-18-5-9-20(10-6-18)28-12-11-27-2;1-3-5(2)4/h3-10,15H,11-12,14H2,1-2H3;3H,1-2H3. The molecule has 3 aromatic rings. The van der Waals surface area contributed by atoms with E-state index in [1.54, 1.807) is 32.5 Å². The summed E-state index contributed by atoms with van der Waals surface area (Å²) >= 11 is 1.47. The van der Waals surface area contributed by atoms with E-state index in [1.807, 2.05) is 48.2 Å². The normalized spacial score (nSPS) is 11.0. The van der Waals surface area contributed by atoms with Crippen LogP contribution in [0.15, 0.2) is 48.5 Å². The third-order valence-corrected chi connectivity index (χ3v) is 6.16. The molecule has 1 unspecified atom stereocenters. The second-order valence-corrected chi connectivity index (χ2v) is 9.44. The molecular formula is C24H28N4O4S2. The third kappa shape index (κ3) is 8.35. The topological polar surface area (TPSA) is 105 Å². The van der Waals surface area contributed by atoms with Gasteiger partial charge in [0.15, 0.2) is 11.4 Å². The van der Waals surface area contributed by atoms with Gasteiger partial charge in [-0.25, -0.2) is 13.9 Å². The Balaban J connectivity index is 0.000000739. The molecule has 8 nitrogen and oxygen atoms in total. The molecule has 0 amide bonds. The van der Waals surface area contributed by atoms with Crippen molar-refractivity contribution in [3.63, 3.8) is 0 Å². The number of carbonyl (C=O) groups is 1. The van der Waals surface area contributed by atoms with Crippen molar-refractivity contribution in [1.82, 2.24) is 9.71 Å². The monoisotopic (exact) mass is 500 g/mol. The average molecular weight is 501 g/mol. The maximum absolute atomic E-state index is 11.3. The number of nitrogens with one attached hydrogen (secondary N) is 1. The highest BCUT2D eigenvalue weighted by atomic mass is 32.2. The minimum atomic E-state index is -0.823. The van der Waals surface area contributed by atoms with Gasteiger partial charge in [-0.2, -0.15) is 5.26 Å². The number of rotatable bonds is 10. The number of methoxy groups -OCH3 is 1. The number of anilines is 2. The molecule has 180 valence electrons. The predicted octanol–water partition coefficient (Wildman–Crippen LogP) is 4.00. The lowest BCUT2D eigenvalue weighted by Gasteiger charge is -2.22. The van der Waals surface area contributed by atoms with Crippen LogP contribution < -0.4 is 14.4 Å². The number of ether oxygens (including phenoxy) is 2. The Hall–Kier alpha value is -3.10. The summed E-state index contributed by atoms with van der Waals surface area (Å²) in [7, 11) is 2.47. The Morgan fingerprint density at radius 3 is 2.32 bits per heavy atom. The lowest BCUT2D eigenvalue weighted by atomic mass is 10.1. The van der Waals surface area contributed by atoms with Crippen LogP contribution in [-0.4, -0.2) is 49.1 Å². The average Bonchev–Trinajstić information content (AvgIpc) is 3.24. The SMILES string of the molecule is CNS(C)=O.COCCOc1ccc(CN(c2ccc(C#N)cc2)c2nc(C=O)c(C)s2)cc1. The lowest BCUT2D eigenvalue weighted by molar-refractivity contribution is 0.111. The van der Waals surface area contributed by atoms with Gasteiger partial charge in [-0.1, -0.05) is 12.1 Å². The highest BCUT2D eigenvalue weighted by Gasteiger charge is 2.17. The molecule has 0 saturated carbocycles. The van der Waals surface area contributed by atoms with Crippen LogP contribution >= 0.6 is 11.3 Å². The fourth-order valence-corrected chi connectivity index (χ4v) is 3.62. The first-order chi connectivity index (χ1) is 16.4. The molecule has 1 heterocycles. The Bertz CT molecular complexity index is 1110. The van der Waals surface area contributed by atoms with Gasteiger partial charge in [0.25, 0.3) is 0 Å². The van der Waals surface area contributed by atoms with Crippen molar-refractivity contribution in [1.29, 1.82) is 5.26 Å². The van der Waals surface area contributed by atoms with Crippen molar-refractivity contribution in [3.8, 4) is 11.8 Å². The van der Waals surface area contributed by atoms with E-state index in [1.165, 1.54) is 11.3 Å². The van der Waals surface area contributed by atoms with Crippen LogP contribution in [0.25, 0.3) is 0 Å². The van der Waals surface area contributed by atoms with Gasteiger partial charge < -0.3 is 14.4 Å². The van der Waals surface area contributed by atoms with Crippen LogP contribution in [0.4, 0.5) is 10.8 Å². The number of aryl methyl sites for hydroxylation is 1. The van der Waals surface area contributed by atoms with Gasteiger partial charge in [0.05, 0.1) is 35.8 Å². The molecule has 0 radical (unpaired) electrons. The second-order valence-electron chi connectivity index (χ2n) is 6.94. The van der Waals surface area contributed by atoms with E-state index in [4.69, 9.17) is 14.7 Å². The molecule has 3 rings (SSSR count). The molecule has 0 aliphatic rings. The molecule has 0 aliphatic carbocycles. The van der Waals surface area contributed by atoms with Gasteiger partial charge in [-0.3, -0.25) is 4.79 Å². The molecule has 0 spiro atoms. The molecule has 0 fully saturated rings. The number of hydrogen-bond donors (Lipinski definition) is 1. The van der Waals surface area contributed by atoms with Gasteiger partial charge in [0.1, 0.15) is 18.1 Å². The number of nitrogens with zero attached hydrogens (tertiary/aromatic N) is 3. The summed E-state index contributed by atoms with van der Waals surface area (Å²) in [5.41, 5.74) is 3.00. The zero-order valence-electron chi connectivity index (χ0n) is 19.6. The van der Waals surface area contributed by atoms with E-state index in [0.29, 0.717) is 31.0 Å². The van der Waals surface area contributed by atoms with Gasteiger partial charge in [-0.15, -0.1) is 11.3 Å². The lowest BCUT2D eigenvalue weighted by Crippen LogP contribution is -2.16. The quantitative estimate of drug-likeness (QED) is 0.331. The van der Waals surface area contributed by atoms with Crippen molar-refractivity contribution in [2.24, 2.45) is 0 Å². The Labute approximate surface area is 206 Å². The molecule has 2 aromatic carbocycles. The van der Waals surface area contributed by atoms with Crippen molar-refractivity contribution in [2.75, 3.05) is 38.5 Å². The van der Waals surface area contributed by atoms with Crippen LogP contribution in [0.3, 0.4) is 0 Å². The first kappa shape index (κ1) is 27.1. The summed E-state index contributed by atoms with van der Waals surface area (Å²) in [6, 6.07) is 17.3. The Kier molecular flexibility index (Phi) is 11.4. The molecular weight excluding hydrogens is 472 g/mol. The molecule has 0 aliphatic heterocycles. The van der Waals surface area contributed by atoms with E-state index in [0.717, 1.165) is 33.3 Å². The molecule has 0 bridgehead atoms. The van der Waals surface area contributed by atoms with Gasteiger partial charge >= 0.3 is 0 Å². The number of aromatic nitrogens is 1. The summed E-state index contributed by atoms with van der Waals surface area (Å²) in [5.74, 6) is 0.782. The Morgan fingerprint density at radius 2 is 1.82 bits per heavy atom. The smallest absolute Gasteiger partial charge is 0.191 e. The maximum Gasteiger partial charge on any atom is 0.191 e. The van der Waals surface area contributed by atoms with Crippen molar-refractivity contribution >= 4 is 39.4 Å². The molecule has 34 heavy (non-hydrogen) atoms. The van der Waals surface area contributed by atoms with E-state index in [2.05, 4.69) is 15.8 Å². The maximum atomic E-state index is 11.3. The van der Waals surface area contributed by atoms with Crippen LogP contribution in [-0.2, 0) is 22.3 Å². The minimum absolute atomic E-state index is 0.450. The third-order valence-electron chi connectivity index (χ3n) is 4.58. The Morgan fingerprint density at radius 1 is 1.18 bits per heavy atom. The van der Waals surface area contributed by atoms with Crippen LogP contribution in [0, 0.1) is 18.3 Å². The van der Waals surface area contributed by atoms with Crippen molar-refractivity contribution in [2.45, 2.75) is 13.5 Å². The number of carbonyl (C=O) groups excluding carboxylic acids is 1. The van der Waals surface area contributed by atoms with Crippen LogP contribution in [0.2, 0.25) is 0 Å². The summed E-state index contributed by atoms with van der Waals surface area (Å²) < 4.78 is 22.9. The van der Waals surface area contributed by atoms with E-state index in [9.17, 15) is 9.00 Å². The van der Waals surface area contributed by atoms with E-state index < -0.39 is 11.0 Å². The molecule has 1 aromatic heterocycles. The summed E-state index contributed by atoms with van der Waals surface area (Å²) in [6.07, 6.45) is 2.36. The van der Waals surface area contributed by atoms with Gasteiger partial charge in [0.2, 0.25) is 0 Å². The first-order valence-electron chi connectivity index (χ1n) is 10.3. The zero-order chi connectivity index (χ0) is 24.9. The summed E-state index contributed by atoms with van der Waals surface area (Å²) in [6.45, 7) is 3.49. The van der Waals surface area contributed by atoms with Gasteiger partial charge in [-0.05, 0) is 55.9 Å².